The standard InChI is InChI=1S/C28H26F2N6S/c29-20-4-8-22(9-5-20)34-16-26(14-31)24-33-18-35(23-10-6-21(30)7-11-23)19-36(24)25(37)27(15-32,17-34)28(26)12-2-1-3-13-28/h4-11H,1-3,12-13,16-19H2/t26-,27+/m0/s1. The number of halogens is 2. The average molecular weight is 517 g/mol. The number of hydrogen-bond acceptors (Lipinski definition) is 6. The SMILES string of the molecule is N#C[C@]12CN(c3ccc(F)cc3)C[C@](C#N)(C(=S)N3CN(c4ccc(F)cc4)CN=C31)C21CCCCC1. The number of thiocarbonyl (C=S) groups is 1. The number of benzene rings is 2. The lowest BCUT2D eigenvalue weighted by molar-refractivity contribution is -0.0223. The Labute approximate surface area is 220 Å². The van der Waals surface area contributed by atoms with Crippen molar-refractivity contribution in [2.24, 2.45) is 21.2 Å². The van der Waals surface area contributed by atoms with E-state index in [0.29, 0.717) is 37.3 Å². The monoisotopic (exact) mass is 516 g/mol. The van der Waals surface area contributed by atoms with E-state index in [-0.39, 0.29) is 11.6 Å². The van der Waals surface area contributed by atoms with Crippen molar-refractivity contribution in [3.05, 3.63) is 60.2 Å². The molecule has 0 unspecified atom stereocenters. The molecule has 0 N–H and O–H groups in total. The maximum atomic E-state index is 13.7. The normalized spacial score (nSPS) is 28.3. The molecule has 3 fully saturated rings. The highest BCUT2D eigenvalue weighted by Gasteiger charge is 2.75. The molecule has 9 heteroatoms. The zero-order valence-corrected chi connectivity index (χ0v) is 21.1. The second kappa shape index (κ2) is 8.49. The summed E-state index contributed by atoms with van der Waals surface area (Å²) in [4.78, 5) is 11.3. The number of nitrogens with zero attached hydrogens (tertiary/aromatic N) is 6. The summed E-state index contributed by atoms with van der Waals surface area (Å²) in [7, 11) is 0. The first-order valence-electron chi connectivity index (χ1n) is 12.6. The smallest absolute Gasteiger partial charge is 0.140 e. The van der Waals surface area contributed by atoms with Gasteiger partial charge in [0.1, 0.15) is 40.0 Å². The molecule has 0 aromatic heterocycles. The van der Waals surface area contributed by atoms with Gasteiger partial charge in [0.15, 0.2) is 0 Å². The van der Waals surface area contributed by atoms with Gasteiger partial charge in [-0.3, -0.25) is 0 Å². The molecule has 6 rings (SSSR count). The van der Waals surface area contributed by atoms with E-state index in [1.54, 1.807) is 24.3 Å². The van der Waals surface area contributed by atoms with Gasteiger partial charge in [-0.1, -0.05) is 31.5 Å². The van der Waals surface area contributed by atoms with E-state index < -0.39 is 16.2 Å². The lowest BCUT2D eigenvalue weighted by atomic mass is 9.42. The van der Waals surface area contributed by atoms with Crippen LogP contribution < -0.4 is 9.80 Å². The Hall–Kier alpha value is -3.56. The highest BCUT2D eigenvalue weighted by molar-refractivity contribution is 7.80. The van der Waals surface area contributed by atoms with Crippen molar-refractivity contribution < 1.29 is 8.78 Å². The second-order valence-electron chi connectivity index (χ2n) is 10.5. The lowest BCUT2D eigenvalue weighted by Crippen LogP contribution is -2.79. The average Bonchev–Trinajstić information content (AvgIpc) is 2.93. The molecular weight excluding hydrogens is 490 g/mol. The topological polar surface area (TPSA) is 69.7 Å². The van der Waals surface area contributed by atoms with Gasteiger partial charge in [0.25, 0.3) is 0 Å². The van der Waals surface area contributed by atoms with Crippen LogP contribution in [0.1, 0.15) is 32.1 Å². The Morgan fingerprint density at radius 1 is 0.784 bits per heavy atom. The van der Waals surface area contributed by atoms with Crippen LogP contribution in [0.15, 0.2) is 53.5 Å². The number of rotatable bonds is 2. The maximum absolute atomic E-state index is 13.7. The number of fused-ring (bicyclic) bond motifs is 2. The molecule has 3 heterocycles. The summed E-state index contributed by atoms with van der Waals surface area (Å²) in [6.45, 7) is 1.32. The van der Waals surface area contributed by atoms with E-state index in [9.17, 15) is 19.3 Å². The minimum atomic E-state index is -1.10. The van der Waals surface area contributed by atoms with Crippen molar-refractivity contribution in [1.29, 1.82) is 10.5 Å². The molecule has 0 amide bonds. The van der Waals surface area contributed by atoms with Crippen LogP contribution in [-0.4, -0.2) is 42.2 Å². The van der Waals surface area contributed by atoms with Gasteiger partial charge in [0.05, 0.1) is 18.8 Å². The van der Waals surface area contributed by atoms with Gasteiger partial charge in [-0.2, -0.15) is 10.5 Å². The van der Waals surface area contributed by atoms with E-state index in [4.69, 9.17) is 17.2 Å². The first-order chi connectivity index (χ1) is 17.9. The molecule has 37 heavy (non-hydrogen) atoms. The van der Waals surface area contributed by atoms with Crippen molar-refractivity contribution >= 4 is 34.4 Å². The van der Waals surface area contributed by atoms with Crippen LogP contribution in [0.5, 0.6) is 0 Å². The summed E-state index contributed by atoms with van der Waals surface area (Å²) in [6, 6.07) is 17.7. The van der Waals surface area contributed by atoms with Crippen LogP contribution in [-0.2, 0) is 0 Å². The molecule has 1 aliphatic carbocycles. The largest absolute Gasteiger partial charge is 0.367 e. The first kappa shape index (κ1) is 23.8. The lowest BCUT2D eigenvalue weighted by Gasteiger charge is -2.68. The minimum Gasteiger partial charge on any atom is -0.367 e. The fraction of sp³-hybridized carbons (Fsp3) is 0.429. The van der Waals surface area contributed by atoms with Gasteiger partial charge in [0.2, 0.25) is 0 Å². The zero-order chi connectivity index (χ0) is 25.8. The number of hydrogen-bond donors (Lipinski definition) is 0. The molecule has 2 atom stereocenters. The Morgan fingerprint density at radius 2 is 1.32 bits per heavy atom. The molecule has 4 aliphatic rings. The Bertz CT molecular complexity index is 1360. The summed E-state index contributed by atoms with van der Waals surface area (Å²) in [5.41, 5.74) is -1.27. The van der Waals surface area contributed by atoms with Gasteiger partial charge in [-0.15, -0.1) is 0 Å². The number of amidine groups is 1. The molecule has 2 aromatic rings. The number of piperidine rings is 2. The van der Waals surface area contributed by atoms with Crippen LogP contribution in [0.25, 0.3) is 0 Å². The van der Waals surface area contributed by atoms with Crippen LogP contribution in [0.4, 0.5) is 20.2 Å². The van der Waals surface area contributed by atoms with E-state index in [0.717, 1.165) is 43.5 Å². The van der Waals surface area contributed by atoms with Crippen molar-refractivity contribution in [2.75, 3.05) is 36.2 Å². The zero-order valence-electron chi connectivity index (χ0n) is 20.3. The number of anilines is 2. The maximum Gasteiger partial charge on any atom is 0.140 e. The van der Waals surface area contributed by atoms with Crippen LogP contribution in [0, 0.1) is 50.5 Å². The van der Waals surface area contributed by atoms with Crippen molar-refractivity contribution in [3.63, 3.8) is 0 Å². The van der Waals surface area contributed by atoms with Crippen LogP contribution in [0.3, 0.4) is 0 Å². The summed E-state index contributed by atoms with van der Waals surface area (Å²) in [5.74, 6) is -0.0353. The summed E-state index contributed by atoms with van der Waals surface area (Å²) in [6.07, 6.45) is 4.40. The third-order valence-corrected chi connectivity index (χ3v) is 9.48. The molecule has 188 valence electrons. The van der Waals surface area contributed by atoms with E-state index in [1.165, 1.54) is 24.3 Å². The predicted octanol–water partition coefficient (Wildman–Crippen LogP) is 5.23. The van der Waals surface area contributed by atoms with E-state index in [2.05, 4.69) is 12.1 Å². The van der Waals surface area contributed by atoms with E-state index >= 15 is 0 Å². The highest BCUT2D eigenvalue weighted by atomic mass is 32.1. The molecule has 2 bridgehead atoms. The second-order valence-corrected chi connectivity index (χ2v) is 10.9. The Morgan fingerprint density at radius 3 is 1.89 bits per heavy atom. The molecule has 1 saturated carbocycles. The van der Waals surface area contributed by atoms with Gasteiger partial charge in [-0.25, -0.2) is 13.8 Å². The molecule has 6 nitrogen and oxygen atoms in total. The predicted molar refractivity (Wildman–Crippen MR) is 141 cm³/mol. The van der Waals surface area contributed by atoms with Crippen molar-refractivity contribution in [1.82, 2.24) is 4.90 Å². The van der Waals surface area contributed by atoms with Crippen molar-refractivity contribution in [2.45, 2.75) is 32.1 Å². The van der Waals surface area contributed by atoms with Crippen LogP contribution in [0.2, 0.25) is 0 Å². The Kier molecular flexibility index (Phi) is 5.47. The first-order valence-corrected chi connectivity index (χ1v) is 13.0. The summed E-state index contributed by atoms with van der Waals surface area (Å²) >= 11 is 6.16. The molecule has 2 aromatic carbocycles. The van der Waals surface area contributed by atoms with E-state index in [1.807, 2.05) is 14.7 Å². The van der Waals surface area contributed by atoms with Gasteiger partial charge in [-0.05, 0) is 61.4 Å². The Balaban J connectivity index is 1.52. The number of aliphatic imine (C=N–C) groups is 1. The van der Waals surface area contributed by atoms with Gasteiger partial charge in [0, 0.05) is 29.9 Å². The van der Waals surface area contributed by atoms with Gasteiger partial charge < -0.3 is 14.7 Å². The molecule has 1 spiro atoms. The fourth-order valence-electron chi connectivity index (χ4n) is 7.17. The fourth-order valence-corrected chi connectivity index (χ4v) is 7.62. The highest BCUT2D eigenvalue weighted by Crippen LogP contribution is 2.67. The molecular formula is C28H26F2N6S. The third-order valence-electron chi connectivity index (χ3n) is 8.91. The number of nitriles is 2. The molecule has 0 radical (unpaired) electrons. The third kappa shape index (κ3) is 3.17. The van der Waals surface area contributed by atoms with Crippen molar-refractivity contribution in [3.8, 4) is 12.1 Å². The van der Waals surface area contributed by atoms with Crippen LogP contribution >= 0.6 is 12.2 Å². The molecule has 3 aliphatic heterocycles. The summed E-state index contributed by atoms with van der Waals surface area (Å²) in [5, 5.41) is 22.0. The quantitative estimate of drug-likeness (QED) is 0.509. The molecule has 2 saturated heterocycles. The minimum absolute atomic E-state index is 0.301. The van der Waals surface area contributed by atoms with Gasteiger partial charge >= 0.3 is 0 Å². The summed E-state index contributed by atoms with van der Waals surface area (Å²) < 4.78 is 27.3.